The molecule has 206 valence electrons. The number of rotatable bonds is 8. The van der Waals surface area contributed by atoms with Crippen LogP contribution in [0.3, 0.4) is 0 Å². The second kappa shape index (κ2) is 10.6. The maximum Gasteiger partial charge on any atom is 0.302 e. The number of hydrogen-bond acceptors (Lipinski definition) is 6. The average molecular weight is 515 g/mol. The molecular weight excluding hydrogens is 468 g/mol. The molecule has 0 radical (unpaired) electrons. The van der Waals surface area contributed by atoms with Gasteiger partial charge in [0.2, 0.25) is 0 Å². The van der Waals surface area contributed by atoms with Gasteiger partial charge in [-0.05, 0) is 73.0 Å². The van der Waals surface area contributed by atoms with E-state index in [0.717, 1.165) is 38.5 Å². The molecule has 3 saturated carbocycles. The molecule has 0 spiro atoms. The van der Waals surface area contributed by atoms with Crippen LogP contribution in [0, 0.1) is 46.3 Å². The largest absolute Gasteiger partial charge is 0.466 e. The van der Waals surface area contributed by atoms with Crippen molar-refractivity contribution < 1.29 is 28.7 Å². The van der Waals surface area contributed by atoms with Crippen LogP contribution in [0.25, 0.3) is 0 Å². The van der Waals surface area contributed by atoms with Crippen molar-refractivity contribution in [1.82, 2.24) is 0 Å². The predicted octanol–water partition coefficient (Wildman–Crippen LogP) is 5.86. The number of carbonyl (C=O) groups is 4. The first-order valence-electron chi connectivity index (χ1n) is 14.4. The molecule has 0 N–H and O–H groups in total. The van der Waals surface area contributed by atoms with Gasteiger partial charge in [-0.1, -0.05) is 39.3 Å². The van der Waals surface area contributed by atoms with E-state index in [-0.39, 0.29) is 58.2 Å². The van der Waals surface area contributed by atoms with E-state index in [1.54, 1.807) is 0 Å². The van der Waals surface area contributed by atoms with Crippen molar-refractivity contribution in [2.24, 2.45) is 46.3 Å². The van der Waals surface area contributed by atoms with Gasteiger partial charge in [0.1, 0.15) is 17.7 Å². The Morgan fingerprint density at radius 3 is 2.43 bits per heavy atom. The number of fused-ring (bicyclic) bond motifs is 5. The van der Waals surface area contributed by atoms with Gasteiger partial charge in [0.25, 0.3) is 0 Å². The molecule has 37 heavy (non-hydrogen) atoms. The number of allylic oxidation sites excluding steroid dienone is 1. The molecule has 0 aliphatic heterocycles. The van der Waals surface area contributed by atoms with E-state index >= 15 is 0 Å². The van der Waals surface area contributed by atoms with Crippen molar-refractivity contribution in [3.8, 4) is 0 Å². The highest BCUT2D eigenvalue weighted by Gasteiger charge is 2.62. The molecular formula is C31H46O6. The van der Waals surface area contributed by atoms with Gasteiger partial charge in [-0.2, -0.15) is 0 Å². The number of Topliss-reactive ketones (excluding diaryl/α,β-unsaturated/α-hetero) is 2. The van der Waals surface area contributed by atoms with Crippen LogP contribution in [0.4, 0.5) is 0 Å². The lowest BCUT2D eigenvalue weighted by Gasteiger charge is -2.58. The van der Waals surface area contributed by atoms with E-state index in [9.17, 15) is 19.2 Å². The first-order valence-corrected chi connectivity index (χ1v) is 14.4. The molecule has 4 aliphatic carbocycles. The zero-order valence-electron chi connectivity index (χ0n) is 23.6. The molecule has 3 fully saturated rings. The average Bonchev–Trinajstić information content (AvgIpc) is 3.10. The Hall–Kier alpha value is -1.98. The van der Waals surface area contributed by atoms with Gasteiger partial charge in [0.15, 0.2) is 0 Å². The third-order valence-electron chi connectivity index (χ3n) is 10.8. The lowest BCUT2D eigenvalue weighted by molar-refractivity contribution is -0.149. The van der Waals surface area contributed by atoms with Gasteiger partial charge in [0, 0.05) is 44.9 Å². The van der Waals surface area contributed by atoms with Gasteiger partial charge in [-0.15, -0.1) is 0 Å². The normalized spacial score (nSPS) is 38.4. The van der Waals surface area contributed by atoms with Crippen molar-refractivity contribution in [3.05, 3.63) is 11.6 Å². The smallest absolute Gasteiger partial charge is 0.302 e. The van der Waals surface area contributed by atoms with Crippen LogP contribution in [-0.2, 0) is 28.7 Å². The third kappa shape index (κ3) is 5.31. The molecule has 6 heteroatoms. The van der Waals surface area contributed by atoms with E-state index < -0.39 is 0 Å². The highest BCUT2D eigenvalue weighted by atomic mass is 16.5. The Morgan fingerprint density at radius 1 is 1.03 bits per heavy atom. The second-order valence-corrected chi connectivity index (χ2v) is 13.1. The molecule has 0 amide bonds. The zero-order valence-corrected chi connectivity index (χ0v) is 23.6. The van der Waals surface area contributed by atoms with Crippen LogP contribution >= 0.6 is 0 Å². The summed E-state index contributed by atoms with van der Waals surface area (Å²) in [4.78, 5) is 49.4. The lowest BCUT2D eigenvalue weighted by Crippen LogP contribution is -2.51. The van der Waals surface area contributed by atoms with E-state index in [4.69, 9.17) is 9.47 Å². The number of carbonyl (C=O) groups excluding carboxylic acids is 4. The van der Waals surface area contributed by atoms with Crippen LogP contribution < -0.4 is 0 Å². The highest BCUT2D eigenvalue weighted by molar-refractivity contribution is 5.92. The van der Waals surface area contributed by atoms with Crippen molar-refractivity contribution in [2.45, 2.75) is 105 Å². The summed E-state index contributed by atoms with van der Waals surface area (Å²) in [6, 6.07) is 0. The summed E-state index contributed by atoms with van der Waals surface area (Å²) in [6.07, 6.45) is 9.92. The van der Waals surface area contributed by atoms with Gasteiger partial charge in [-0.3, -0.25) is 19.2 Å². The van der Waals surface area contributed by atoms with Crippen molar-refractivity contribution in [2.75, 3.05) is 6.61 Å². The maximum atomic E-state index is 13.5. The van der Waals surface area contributed by atoms with Gasteiger partial charge >= 0.3 is 11.9 Å². The lowest BCUT2D eigenvalue weighted by atomic mass is 9.47. The van der Waals surface area contributed by atoms with Crippen LogP contribution in [0.1, 0.15) is 99.3 Å². The fourth-order valence-corrected chi connectivity index (χ4v) is 8.79. The first kappa shape index (κ1) is 28.0. The summed E-state index contributed by atoms with van der Waals surface area (Å²) in [5.41, 5.74) is 1.43. The molecule has 0 saturated heterocycles. The van der Waals surface area contributed by atoms with Crippen molar-refractivity contribution >= 4 is 23.5 Å². The summed E-state index contributed by atoms with van der Waals surface area (Å²) in [6.45, 7) is 11.9. The molecule has 4 aliphatic rings. The minimum atomic E-state index is -0.298. The zero-order chi connectivity index (χ0) is 27.1. The summed E-state index contributed by atoms with van der Waals surface area (Å²) < 4.78 is 10.7. The van der Waals surface area contributed by atoms with Crippen LogP contribution in [0.15, 0.2) is 11.6 Å². The number of ketones is 2. The van der Waals surface area contributed by atoms with Crippen molar-refractivity contribution in [3.63, 3.8) is 0 Å². The van der Waals surface area contributed by atoms with Crippen LogP contribution in [0.2, 0.25) is 0 Å². The SMILES string of the molecule is CC(=O)OC[C@H](C)CCC(=O)[C@@H](C)[C@H]1C(=O)C[C@H]2[C@@H]3CC=C4C[C@@H](OC(C)=O)CC[C@]4(C)[C@H]3CC[C@]12C. The summed E-state index contributed by atoms with van der Waals surface area (Å²) >= 11 is 0. The van der Waals surface area contributed by atoms with Crippen LogP contribution in [-0.4, -0.2) is 36.2 Å². The van der Waals surface area contributed by atoms with Gasteiger partial charge in [-0.25, -0.2) is 0 Å². The fourth-order valence-electron chi connectivity index (χ4n) is 8.79. The van der Waals surface area contributed by atoms with Gasteiger partial charge in [0.05, 0.1) is 6.61 Å². The first-order chi connectivity index (χ1) is 17.4. The number of ether oxygens (including phenoxy) is 2. The molecule has 0 aromatic heterocycles. The Kier molecular flexibility index (Phi) is 8.07. The summed E-state index contributed by atoms with van der Waals surface area (Å²) in [5.74, 6) is 0.932. The number of esters is 2. The minimum Gasteiger partial charge on any atom is -0.466 e. The predicted molar refractivity (Wildman–Crippen MR) is 140 cm³/mol. The Labute approximate surface area is 222 Å². The Bertz CT molecular complexity index is 967. The maximum absolute atomic E-state index is 13.5. The summed E-state index contributed by atoms with van der Waals surface area (Å²) in [7, 11) is 0. The molecule has 6 nitrogen and oxygen atoms in total. The molecule has 0 heterocycles. The number of hydrogen-bond donors (Lipinski definition) is 0. The fraction of sp³-hybridized carbons (Fsp3) is 0.806. The Balaban J connectivity index is 1.45. The topological polar surface area (TPSA) is 86.7 Å². The van der Waals surface area contributed by atoms with Crippen LogP contribution in [0.5, 0.6) is 0 Å². The van der Waals surface area contributed by atoms with E-state index in [2.05, 4.69) is 19.9 Å². The van der Waals surface area contributed by atoms with E-state index in [0.29, 0.717) is 43.6 Å². The van der Waals surface area contributed by atoms with E-state index in [1.807, 2.05) is 13.8 Å². The van der Waals surface area contributed by atoms with Gasteiger partial charge < -0.3 is 9.47 Å². The van der Waals surface area contributed by atoms with Crippen molar-refractivity contribution in [1.29, 1.82) is 0 Å². The molecule has 4 rings (SSSR count). The second-order valence-electron chi connectivity index (χ2n) is 13.1. The standard InChI is InChI=1S/C31H46O6/c1-18(17-36-20(3)32)7-10-27(34)19(2)29-28(35)16-26-24-9-8-22-15-23(37-21(4)33)11-13-30(22,5)25(24)12-14-31(26,29)6/h8,18-19,23-26,29H,7,9-17H2,1-6H3/t18-,19-,23+,24-,25+,26+,29+,30+,31+/m1/s1. The molecule has 9 atom stereocenters. The molecule has 0 aromatic rings. The monoisotopic (exact) mass is 514 g/mol. The minimum absolute atomic E-state index is 0.0109. The highest BCUT2D eigenvalue weighted by Crippen LogP contribution is 2.66. The Morgan fingerprint density at radius 2 is 1.76 bits per heavy atom. The summed E-state index contributed by atoms with van der Waals surface area (Å²) in [5, 5.41) is 0. The van der Waals surface area contributed by atoms with E-state index in [1.165, 1.54) is 19.4 Å². The molecule has 0 unspecified atom stereocenters. The quantitative estimate of drug-likeness (QED) is 0.298. The molecule has 0 bridgehead atoms. The molecule has 0 aromatic carbocycles. The third-order valence-corrected chi connectivity index (χ3v) is 10.8.